The fourth-order valence-electron chi connectivity index (χ4n) is 2.97. The standard InChI is InChI=1S/C17H26N4O5/c1-4-21(10-15(22)23)13-7-12(8-13)19-17(24)18-9-11-5-6-14(25-2)20-16(11)26-3/h5-6,12-13H,4,7-10H2,1-3H3,(H,22,23)(H2,18,19,24). The lowest BCUT2D eigenvalue weighted by atomic mass is 9.85. The summed E-state index contributed by atoms with van der Waals surface area (Å²) >= 11 is 0. The summed E-state index contributed by atoms with van der Waals surface area (Å²) in [6, 6.07) is 3.48. The molecule has 1 saturated carbocycles. The molecule has 26 heavy (non-hydrogen) atoms. The minimum absolute atomic E-state index is 0.0321. The Morgan fingerprint density at radius 2 is 2.04 bits per heavy atom. The number of nitrogens with zero attached hydrogens (tertiary/aromatic N) is 2. The highest BCUT2D eigenvalue weighted by atomic mass is 16.5. The molecule has 2 amide bonds. The summed E-state index contributed by atoms with van der Waals surface area (Å²) in [7, 11) is 3.03. The van der Waals surface area contributed by atoms with Gasteiger partial charge in [0.05, 0.1) is 20.8 Å². The van der Waals surface area contributed by atoms with Crippen LogP contribution in [-0.4, -0.2) is 66.4 Å². The molecule has 1 aliphatic rings. The van der Waals surface area contributed by atoms with E-state index < -0.39 is 5.97 Å². The quantitative estimate of drug-likeness (QED) is 0.593. The molecule has 0 unspecified atom stereocenters. The number of carbonyl (C=O) groups excluding carboxylic acids is 1. The number of aromatic nitrogens is 1. The number of methoxy groups -OCH3 is 2. The maximum Gasteiger partial charge on any atom is 0.317 e. The van der Waals surface area contributed by atoms with E-state index in [1.807, 2.05) is 11.8 Å². The number of hydrogen-bond acceptors (Lipinski definition) is 6. The third-order valence-electron chi connectivity index (χ3n) is 4.46. The van der Waals surface area contributed by atoms with Gasteiger partial charge >= 0.3 is 12.0 Å². The summed E-state index contributed by atoms with van der Waals surface area (Å²) in [5.74, 6) is 0.0149. The molecule has 3 N–H and O–H groups in total. The molecule has 1 aromatic heterocycles. The Morgan fingerprint density at radius 1 is 1.31 bits per heavy atom. The maximum atomic E-state index is 12.1. The van der Waals surface area contributed by atoms with Gasteiger partial charge in [-0.3, -0.25) is 9.69 Å². The van der Waals surface area contributed by atoms with Gasteiger partial charge in [-0.25, -0.2) is 4.79 Å². The molecule has 0 aliphatic heterocycles. The largest absolute Gasteiger partial charge is 0.481 e. The molecule has 1 heterocycles. The molecule has 1 fully saturated rings. The molecule has 9 nitrogen and oxygen atoms in total. The molecule has 0 atom stereocenters. The molecule has 1 aromatic rings. The molecule has 0 saturated heterocycles. The average molecular weight is 366 g/mol. The number of ether oxygens (including phenoxy) is 2. The van der Waals surface area contributed by atoms with Gasteiger partial charge in [0.25, 0.3) is 0 Å². The Kier molecular flexibility index (Phi) is 7.02. The first-order valence-electron chi connectivity index (χ1n) is 8.54. The number of pyridine rings is 1. The van der Waals surface area contributed by atoms with Crippen LogP contribution in [0.25, 0.3) is 0 Å². The van der Waals surface area contributed by atoms with Crippen molar-refractivity contribution in [1.82, 2.24) is 20.5 Å². The van der Waals surface area contributed by atoms with Crippen molar-refractivity contribution in [2.45, 2.75) is 38.4 Å². The van der Waals surface area contributed by atoms with Crippen molar-refractivity contribution in [2.75, 3.05) is 27.3 Å². The van der Waals surface area contributed by atoms with Gasteiger partial charge in [-0.05, 0) is 25.5 Å². The number of nitrogens with one attached hydrogen (secondary N) is 2. The maximum absolute atomic E-state index is 12.1. The lowest BCUT2D eigenvalue weighted by Gasteiger charge is -2.42. The molecule has 0 radical (unpaired) electrons. The van der Waals surface area contributed by atoms with E-state index in [9.17, 15) is 9.59 Å². The number of rotatable bonds is 9. The number of carboxylic acid groups (broad SMARTS) is 1. The number of hydrogen-bond donors (Lipinski definition) is 3. The Morgan fingerprint density at radius 3 is 2.62 bits per heavy atom. The molecule has 2 rings (SSSR count). The lowest BCUT2D eigenvalue weighted by molar-refractivity contribution is -0.139. The highest BCUT2D eigenvalue weighted by molar-refractivity contribution is 5.74. The second-order valence-corrected chi connectivity index (χ2v) is 6.13. The summed E-state index contributed by atoms with van der Waals surface area (Å²) in [6.07, 6.45) is 1.50. The van der Waals surface area contributed by atoms with E-state index in [0.29, 0.717) is 18.3 Å². The summed E-state index contributed by atoms with van der Waals surface area (Å²) in [5.41, 5.74) is 0.744. The first-order valence-corrected chi connectivity index (χ1v) is 8.54. The van der Waals surface area contributed by atoms with Crippen LogP contribution >= 0.6 is 0 Å². The van der Waals surface area contributed by atoms with Gasteiger partial charge in [-0.15, -0.1) is 0 Å². The topological polar surface area (TPSA) is 113 Å². The Bertz CT molecular complexity index is 634. The zero-order valence-corrected chi connectivity index (χ0v) is 15.3. The number of urea groups is 1. The van der Waals surface area contributed by atoms with Gasteiger partial charge in [-0.1, -0.05) is 6.92 Å². The molecule has 1 aliphatic carbocycles. The molecule has 0 spiro atoms. The highest BCUT2D eigenvalue weighted by Gasteiger charge is 2.34. The first-order chi connectivity index (χ1) is 12.5. The van der Waals surface area contributed by atoms with Crippen LogP contribution in [0.3, 0.4) is 0 Å². The van der Waals surface area contributed by atoms with E-state index in [4.69, 9.17) is 14.6 Å². The SMILES string of the molecule is CCN(CC(=O)O)C1CC(NC(=O)NCc2ccc(OC)nc2OC)C1. The summed E-state index contributed by atoms with van der Waals surface area (Å²) < 4.78 is 10.2. The van der Waals surface area contributed by atoms with E-state index in [1.165, 1.54) is 14.2 Å². The molecule has 144 valence electrons. The zero-order valence-electron chi connectivity index (χ0n) is 15.3. The second-order valence-electron chi connectivity index (χ2n) is 6.13. The smallest absolute Gasteiger partial charge is 0.317 e. The zero-order chi connectivity index (χ0) is 19.1. The van der Waals surface area contributed by atoms with Crippen LogP contribution in [0.15, 0.2) is 12.1 Å². The van der Waals surface area contributed by atoms with Gasteiger partial charge in [0.1, 0.15) is 0 Å². The second kappa shape index (κ2) is 9.23. The third kappa shape index (κ3) is 5.22. The van der Waals surface area contributed by atoms with E-state index in [0.717, 1.165) is 18.4 Å². The fourth-order valence-corrected chi connectivity index (χ4v) is 2.97. The van der Waals surface area contributed by atoms with Crippen LogP contribution in [0, 0.1) is 0 Å². The number of carboxylic acids is 1. The Balaban J connectivity index is 1.76. The van der Waals surface area contributed by atoms with Crippen LogP contribution in [0.1, 0.15) is 25.3 Å². The van der Waals surface area contributed by atoms with Crippen molar-refractivity contribution in [3.63, 3.8) is 0 Å². The number of carbonyl (C=O) groups is 2. The normalized spacial score (nSPS) is 18.8. The molecule has 9 heteroatoms. The summed E-state index contributed by atoms with van der Waals surface area (Å²) in [6.45, 7) is 2.93. The molecule has 0 bridgehead atoms. The van der Waals surface area contributed by atoms with Crippen molar-refractivity contribution in [3.8, 4) is 11.8 Å². The lowest BCUT2D eigenvalue weighted by Crippen LogP contribution is -2.56. The van der Waals surface area contributed by atoms with Gasteiger partial charge < -0.3 is 25.2 Å². The minimum Gasteiger partial charge on any atom is -0.481 e. The predicted molar refractivity (Wildman–Crippen MR) is 94.4 cm³/mol. The summed E-state index contributed by atoms with van der Waals surface area (Å²) in [4.78, 5) is 29.0. The Labute approximate surface area is 152 Å². The average Bonchev–Trinajstić information content (AvgIpc) is 2.60. The van der Waals surface area contributed by atoms with Crippen LogP contribution in [0.4, 0.5) is 4.79 Å². The Hall–Kier alpha value is -2.55. The van der Waals surface area contributed by atoms with Gasteiger partial charge in [0, 0.05) is 30.3 Å². The molecular weight excluding hydrogens is 340 g/mol. The van der Waals surface area contributed by atoms with E-state index in [1.54, 1.807) is 12.1 Å². The van der Waals surface area contributed by atoms with Crippen molar-refractivity contribution < 1.29 is 24.2 Å². The number of likely N-dealkylation sites (N-methyl/N-ethyl adjacent to an activating group) is 1. The third-order valence-corrected chi connectivity index (χ3v) is 4.46. The van der Waals surface area contributed by atoms with Crippen LogP contribution < -0.4 is 20.1 Å². The van der Waals surface area contributed by atoms with Gasteiger partial charge in [0.2, 0.25) is 11.8 Å². The van der Waals surface area contributed by atoms with Crippen LogP contribution in [-0.2, 0) is 11.3 Å². The first kappa shape index (κ1) is 19.8. The molecule has 0 aromatic carbocycles. The van der Waals surface area contributed by atoms with Crippen molar-refractivity contribution in [2.24, 2.45) is 0 Å². The summed E-state index contributed by atoms with van der Waals surface area (Å²) in [5, 5.41) is 14.6. The monoisotopic (exact) mass is 366 g/mol. The highest BCUT2D eigenvalue weighted by Crippen LogP contribution is 2.25. The van der Waals surface area contributed by atoms with Crippen LogP contribution in [0.2, 0.25) is 0 Å². The fraction of sp³-hybridized carbons (Fsp3) is 0.588. The van der Waals surface area contributed by atoms with Crippen molar-refractivity contribution >= 4 is 12.0 Å². The number of aliphatic carboxylic acids is 1. The van der Waals surface area contributed by atoms with E-state index >= 15 is 0 Å². The van der Waals surface area contributed by atoms with E-state index in [2.05, 4.69) is 15.6 Å². The predicted octanol–water partition coefficient (Wildman–Crippen LogP) is 0.836. The van der Waals surface area contributed by atoms with Gasteiger partial charge in [-0.2, -0.15) is 4.98 Å². The molecular formula is C17H26N4O5. The number of amides is 2. The van der Waals surface area contributed by atoms with Crippen molar-refractivity contribution in [3.05, 3.63) is 17.7 Å². The van der Waals surface area contributed by atoms with Crippen LogP contribution in [0.5, 0.6) is 11.8 Å². The minimum atomic E-state index is -0.831. The van der Waals surface area contributed by atoms with Gasteiger partial charge in [0.15, 0.2) is 0 Å². The van der Waals surface area contributed by atoms with E-state index in [-0.39, 0.29) is 31.2 Å². The van der Waals surface area contributed by atoms with Crippen molar-refractivity contribution in [1.29, 1.82) is 0 Å².